The first-order valence-electron chi connectivity index (χ1n) is 6.87. The van der Waals surface area contributed by atoms with Crippen molar-refractivity contribution in [3.05, 3.63) is 47.5 Å². The molecule has 0 amide bonds. The zero-order valence-corrected chi connectivity index (χ0v) is 11.0. The quantitative estimate of drug-likeness (QED) is 0.678. The van der Waals surface area contributed by atoms with E-state index in [0.29, 0.717) is 11.8 Å². The van der Waals surface area contributed by atoms with Gasteiger partial charge in [-0.2, -0.15) is 0 Å². The summed E-state index contributed by atoms with van der Waals surface area (Å²) < 4.78 is 5.51. The zero-order valence-electron chi connectivity index (χ0n) is 11.0. The number of allylic oxidation sites excluding steroid dienone is 1. The molecule has 104 valence electrons. The Morgan fingerprint density at radius 3 is 2.60 bits per heavy atom. The Labute approximate surface area is 117 Å². The lowest BCUT2D eigenvalue weighted by molar-refractivity contribution is 0.0262. The standard InChI is InChI=1S/C16H16O4/c17-15(18)12-3-1-2-4-13(12)16(19)20-14-8-6-10-5-7-11(14)9-10/h1-4,6,8,10-11,14H,5,7,9H2,(H,17,18). The number of fused-ring (bicyclic) bond motifs is 2. The number of carbonyl (C=O) groups is 2. The lowest BCUT2D eigenvalue weighted by Gasteiger charge is -2.24. The van der Waals surface area contributed by atoms with Gasteiger partial charge in [0.15, 0.2) is 0 Å². The molecule has 0 spiro atoms. The smallest absolute Gasteiger partial charge is 0.339 e. The monoisotopic (exact) mass is 272 g/mol. The molecule has 0 aliphatic heterocycles. The van der Waals surface area contributed by atoms with Gasteiger partial charge >= 0.3 is 11.9 Å². The molecule has 0 heterocycles. The minimum atomic E-state index is -1.11. The summed E-state index contributed by atoms with van der Waals surface area (Å²) in [6, 6.07) is 6.16. The van der Waals surface area contributed by atoms with Crippen molar-refractivity contribution in [1.82, 2.24) is 0 Å². The van der Waals surface area contributed by atoms with Gasteiger partial charge in [-0.3, -0.25) is 0 Å². The highest BCUT2D eigenvalue weighted by Gasteiger charge is 2.34. The summed E-state index contributed by atoms with van der Waals surface area (Å²) in [7, 11) is 0. The molecule has 1 aromatic rings. The number of carbonyl (C=O) groups excluding carboxylic acids is 1. The van der Waals surface area contributed by atoms with Crippen LogP contribution in [0.15, 0.2) is 36.4 Å². The van der Waals surface area contributed by atoms with Crippen molar-refractivity contribution in [2.45, 2.75) is 25.4 Å². The Kier molecular flexibility index (Phi) is 3.30. The van der Waals surface area contributed by atoms with Crippen LogP contribution in [-0.4, -0.2) is 23.1 Å². The molecule has 4 heteroatoms. The molecule has 2 aliphatic carbocycles. The number of hydrogen-bond donors (Lipinski definition) is 1. The number of aromatic carboxylic acids is 1. The van der Waals surface area contributed by atoms with Crippen molar-refractivity contribution in [3.63, 3.8) is 0 Å². The van der Waals surface area contributed by atoms with E-state index in [-0.39, 0.29) is 17.2 Å². The molecule has 1 N–H and O–H groups in total. The number of hydrogen-bond acceptors (Lipinski definition) is 3. The first-order valence-corrected chi connectivity index (χ1v) is 6.87. The molecular formula is C16H16O4. The maximum atomic E-state index is 12.2. The Balaban J connectivity index is 1.78. The number of carboxylic acid groups (broad SMARTS) is 1. The van der Waals surface area contributed by atoms with Gasteiger partial charge in [-0.05, 0) is 43.4 Å². The van der Waals surface area contributed by atoms with Crippen LogP contribution in [0.3, 0.4) is 0 Å². The van der Waals surface area contributed by atoms with Gasteiger partial charge in [0.25, 0.3) is 0 Å². The molecule has 3 rings (SSSR count). The third-order valence-corrected chi connectivity index (χ3v) is 4.17. The van der Waals surface area contributed by atoms with E-state index in [1.165, 1.54) is 12.1 Å². The topological polar surface area (TPSA) is 63.6 Å². The maximum Gasteiger partial charge on any atom is 0.339 e. The second kappa shape index (κ2) is 5.12. The van der Waals surface area contributed by atoms with E-state index in [1.807, 2.05) is 6.08 Å². The van der Waals surface area contributed by atoms with Gasteiger partial charge in [0.2, 0.25) is 0 Å². The van der Waals surface area contributed by atoms with E-state index in [1.54, 1.807) is 12.1 Å². The highest BCUT2D eigenvalue weighted by atomic mass is 16.5. The lowest BCUT2D eigenvalue weighted by atomic mass is 9.93. The lowest BCUT2D eigenvalue weighted by Crippen LogP contribution is -2.26. The van der Waals surface area contributed by atoms with Crippen LogP contribution in [0.1, 0.15) is 40.0 Å². The molecule has 2 bridgehead atoms. The number of ether oxygens (including phenoxy) is 1. The molecule has 3 atom stereocenters. The molecule has 20 heavy (non-hydrogen) atoms. The van der Waals surface area contributed by atoms with E-state index in [2.05, 4.69) is 6.08 Å². The van der Waals surface area contributed by atoms with Crippen LogP contribution in [0.5, 0.6) is 0 Å². The Bertz CT molecular complexity index is 576. The summed E-state index contributed by atoms with van der Waals surface area (Å²) in [5, 5.41) is 9.10. The number of esters is 1. The summed E-state index contributed by atoms with van der Waals surface area (Å²) in [6.45, 7) is 0. The van der Waals surface area contributed by atoms with Crippen molar-refractivity contribution in [3.8, 4) is 0 Å². The third kappa shape index (κ3) is 2.33. The summed E-state index contributed by atoms with van der Waals surface area (Å²) in [6.07, 6.45) is 7.13. The molecule has 4 nitrogen and oxygen atoms in total. The molecule has 0 aromatic heterocycles. The van der Waals surface area contributed by atoms with Gasteiger partial charge in [-0.25, -0.2) is 9.59 Å². The van der Waals surface area contributed by atoms with Crippen LogP contribution in [0.4, 0.5) is 0 Å². The van der Waals surface area contributed by atoms with Crippen LogP contribution in [-0.2, 0) is 4.74 Å². The number of carboxylic acids is 1. The van der Waals surface area contributed by atoms with E-state index in [4.69, 9.17) is 9.84 Å². The fourth-order valence-corrected chi connectivity index (χ4v) is 3.12. The first kappa shape index (κ1) is 12.9. The van der Waals surface area contributed by atoms with Gasteiger partial charge in [-0.1, -0.05) is 18.2 Å². The molecule has 1 fully saturated rings. The molecule has 0 radical (unpaired) electrons. The molecule has 3 unspecified atom stereocenters. The average molecular weight is 272 g/mol. The predicted molar refractivity (Wildman–Crippen MR) is 72.6 cm³/mol. The van der Waals surface area contributed by atoms with Crippen molar-refractivity contribution in [1.29, 1.82) is 0 Å². The fraction of sp³-hybridized carbons (Fsp3) is 0.375. The molecule has 1 saturated carbocycles. The van der Waals surface area contributed by atoms with Gasteiger partial charge < -0.3 is 9.84 Å². The summed E-state index contributed by atoms with van der Waals surface area (Å²) in [4.78, 5) is 23.3. The molecule has 0 saturated heterocycles. The third-order valence-electron chi connectivity index (χ3n) is 4.17. The van der Waals surface area contributed by atoms with Gasteiger partial charge in [0.1, 0.15) is 6.10 Å². The normalized spacial score (nSPS) is 27.3. The highest BCUT2D eigenvalue weighted by molar-refractivity contribution is 6.02. The Morgan fingerprint density at radius 2 is 1.85 bits per heavy atom. The first-order chi connectivity index (χ1) is 9.65. The number of rotatable bonds is 3. The Hall–Kier alpha value is -2.10. The van der Waals surface area contributed by atoms with Crippen LogP contribution in [0.2, 0.25) is 0 Å². The summed E-state index contributed by atoms with van der Waals surface area (Å²) >= 11 is 0. The minimum absolute atomic E-state index is 0.0124. The predicted octanol–water partition coefficient (Wildman–Crippen LogP) is 2.90. The zero-order chi connectivity index (χ0) is 14.1. The van der Waals surface area contributed by atoms with Crippen molar-refractivity contribution < 1.29 is 19.4 Å². The average Bonchev–Trinajstić information content (AvgIpc) is 2.84. The van der Waals surface area contributed by atoms with Crippen LogP contribution in [0.25, 0.3) is 0 Å². The second-order valence-corrected chi connectivity index (χ2v) is 5.44. The maximum absolute atomic E-state index is 12.2. The van der Waals surface area contributed by atoms with Gasteiger partial charge in [-0.15, -0.1) is 0 Å². The molecular weight excluding hydrogens is 256 g/mol. The summed E-state index contributed by atoms with van der Waals surface area (Å²) in [5.74, 6) is -0.659. The van der Waals surface area contributed by atoms with E-state index < -0.39 is 11.9 Å². The van der Waals surface area contributed by atoms with Gasteiger partial charge in [0.05, 0.1) is 11.1 Å². The SMILES string of the molecule is O=C(O)c1ccccc1C(=O)OC1C=CC2CCC1C2. The largest absolute Gasteiger partial charge is 0.478 e. The van der Waals surface area contributed by atoms with E-state index >= 15 is 0 Å². The fourth-order valence-electron chi connectivity index (χ4n) is 3.12. The Morgan fingerprint density at radius 1 is 1.10 bits per heavy atom. The van der Waals surface area contributed by atoms with E-state index in [0.717, 1.165) is 19.3 Å². The van der Waals surface area contributed by atoms with Crippen LogP contribution < -0.4 is 0 Å². The van der Waals surface area contributed by atoms with Crippen molar-refractivity contribution in [2.24, 2.45) is 11.8 Å². The highest BCUT2D eigenvalue weighted by Crippen LogP contribution is 2.39. The molecule has 1 aromatic carbocycles. The van der Waals surface area contributed by atoms with Crippen molar-refractivity contribution >= 4 is 11.9 Å². The number of benzene rings is 1. The van der Waals surface area contributed by atoms with Crippen LogP contribution in [0, 0.1) is 11.8 Å². The van der Waals surface area contributed by atoms with Crippen molar-refractivity contribution in [2.75, 3.05) is 0 Å². The van der Waals surface area contributed by atoms with E-state index in [9.17, 15) is 9.59 Å². The summed E-state index contributed by atoms with van der Waals surface area (Å²) in [5.41, 5.74) is 0.107. The van der Waals surface area contributed by atoms with Gasteiger partial charge in [0, 0.05) is 5.92 Å². The molecule has 2 aliphatic rings. The minimum Gasteiger partial charge on any atom is -0.478 e. The van der Waals surface area contributed by atoms with Crippen LogP contribution >= 0.6 is 0 Å². The second-order valence-electron chi connectivity index (χ2n) is 5.44.